The lowest BCUT2D eigenvalue weighted by molar-refractivity contribution is 0.111. The van der Waals surface area contributed by atoms with E-state index in [2.05, 4.69) is 24.2 Å². The van der Waals surface area contributed by atoms with E-state index >= 15 is 0 Å². The van der Waals surface area contributed by atoms with Crippen molar-refractivity contribution in [2.24, 2.45) is 0 Å². The fourth-order valence-electron chi connectivity index (χ4n) is 3.75. The Morgan fingerprint density at radius 2 is 1.75 bits per heavy atom. The molecule has 2 heteroatoms. The van der Waals surface area contributed by atoms with E-state index in [1.165, 1.54) is 57.9 Å². The largest absolute Gasteiger partial charge is 0.317 e. The summed E-state index contributed by atoms with van der Waals surface area (Å²) in [4.78, 5) is 2.82. The maximum atomic E-state index is 3.45. The molecule has 2 aliphatic carbocycles. The molecule has 2 atom stereocenters. The minimum absolute atomic E-state index is 0.780. The molecule has 0 aliphatic heterocycles. The van der Waals surface area contributed by atoms with Crippen LogP contribution in [0.2, 0.25) is 0 Å². The van der Waals surface area contributed by atoms with E-state index in [-0.39, 0.29) is 0 Å². The van der Waals surface area contributed by atoms with Gasteiger partial charge in [-0.25, -0.2) is 0 Å². The van der Waals surface area contributed by atoms with Crippen molar-refractivity contribution in [3.8, 4) is 0 Å². The zero-order valence-electron chi connectivity index (χ0n) is 11.0. The van der Waals surface area contributed by atoms with E-state index in [1.54, 1.807) is 0 Å². The molecule has 0 saturated heterocycles. The van der Waals surface area contributed by atoms with Gasteiger partial charge in [-0.3, -0.25) is 4.90 Å². The molecule has 1 N–H and O–H groups in total. The summed E-state index contributed by atoms with van der Waals surface area (Å²) in [5.74, 6) is 0. The van der Waals surface area contributed by atoms with Crippen LogP contribution < -0.4 is 5.32 Å². The molecule has 0 aromatic carbocycles. The summed E-state index contributed by atoms with van der Waals surface area (Å²) in [6.45, 7) is 3.60. The first-order valence-electron chi connectivity index (χ1n) is 7.28. The first-order chi connectivity index (χ1) is 7.85. The molecule has 0 spiro atoms. The Balaban J connectivity index is 1.88. The van der Waals surface area contributed by atoms with Crippen LogP contribution in [0, 0.1) is 0 Å². The van der Waals surface area contributed by atoms with E-state index in [4.69, 9.17) is 0 Å². The summed E-state index contributed by atoms with van der Waals surface area (Å²) < 4.78 is 0. The number of nitrogens with zero attached hydrogens (tertiary/aromatic N) is 1. The van der Waals surface area contributed by atoms with Crippen LogP contribution in [0.1, 0.15) is 58.3 Å². The van der Waals surface area contributed by atoms with Crippen molar-refractivity contribution >= 4 is 0 Å². The zero-order chi connectivity index (χ0) is 11.4. The average molecular weight is 224 g/mol. The highest BCUT2D eigenvalue weighted by atomic mass is 15.2. The molecule has 0 radical (unpaired) electrons. The average Bonchev–Trinajstić information content (AvgIpc) is 2.80. The lowest BCUT2D eigenvalue weighted by atomic mass is 9.93. The fraction of sp³-hybridized carbons (Fsp3) is 1.00. The van der Waals surface area contributed by atoms with Gasteiger partial charge in [0.15, 0.2) is 0 Å². The fourth-order valence-corrected chi connectivity index (χ4v) is 3.75. The smallest absolute Gasteiger partial charge is 0.0113 e. The molecule has 2 rings (SSSR count). The monoisotopic (exact) mass is 224 g/mol. The van der Waals surface area contributed by atoms with E-state index in [9.17, 15) is 0 Å². The maximum Gasteiger partial charge on any atom is 0.0113 e. The van der Waals surface area contributed by atoms with Crippen LogP contribution in [0.25, 0.3) is 0 Å². The first-order valence-corrected chi connectivity index (χ1v) is 7.28. The Morgan fingerprint density at radius 3 is 2.31 bits per heavy atom. The van der Waals surface area contributed by atoms with Crippen molar-refractivity contribution in [3.05, 3.63) is 0 Å². The van der Waals surface area contributed by atoms with Gasteiger partial charge >= 0.3 is 0 Å². The van der Waals surface area contributed by atoms with Crippen molar-refractivity contribution in [2.45, 2.75) is 76.4 Å². The van der Waals surface area contributed by atoms with Gasteiger partial charge in [0.05, 0.1) is 0 Å². The number of nitrogens with one attached hydrogen (secondary N) is 1. The molecule has 0 heterocycles. The quantitative estimate of drug-likeness (QED) is 0.790. The molecular formula is C14H28N2. The second kappa shape index (κ2) is 6.02. The topological polar surface area (TPSA) is 15.3 Å². The van der Waals surface area contributed by atoms with Gasteiger partial charge < -0.3 is 5.32 Å². The predicted molar refractivity (Wildman–Crippen MR) is 69.7 cm³/mol. The van der Waals surface area contributed by atoms with Crippen molar-refractivity contribution in [1.82, 2.24) is 10.2 Å². The van der Waals surface area contributed by atoms with E-state index in [0.29, 0.717) is 0 Å². The Morgan fingerprint density at radius 1 is 1.00 bits per heavy atom. The third kappa shape index (κ3) is 2.78. The van der Waals surface area contributed by atoms with Gasteiger partial charge in [-0.05, 0) is 45.7 Å². The molecule has 2 saturated carbocycles. The van der Waals surface area contributed by atoms with Gasteiger partial charge in [0.1, 0.15) is 0 Å². The van der Waals surface area contributed by atoms with Crippen LogP contribution >= 0.6 is 0 Å². The standard InChI is InChI=1S/C14H28N2/c1-3-16(13-7-5-4-6-8-13)14-10-9-12(11-14)15-2/h12-15H,3-11H2,1-2H3. The molecule has 94 valence electrons. The minimum atomic E-state index is 0.780. The Hall–Kier alpha value is -0.0800. The Labute approximate surface area is 101 Å². The zero-order valence-corrected chi connectivity index (χ0v) is 11.0. The normalized spacial score (nSPS) is 32.4. The van der Waals surface area contributed by atoms with Gasteiger partial charge in [-0.1, -0.05) is 26.2 Å². The molecule has 0 aromatic heterocycles. The van der Waals surface area contributed by atoms with E-state index in [0.717, 1.165) is 18.1 Å². The van der Waals surface area contributed by atoms with Gasteiger partial charge in [-0.15, -0.1) is 0 Å². The Bertz CT molecular complexity index is 199. The van der Waals surface area contributed by atoms with Gasteiger partial charge in [0.25, 0.3) is 0 Å². The highest BCUT2D eigenvalue weighted by molar-refractivity contribution is 4.89. The molecule has 2 aliphatic rings. The van der Waals surface area contributed by atoms with Crippen LogP contribution in [0.4, 0.5) is 0 Å². The van der Waals surface area contributed by atoms with Gasteiger partial charge in [-0.2, -0.15) is 0 Å². The molecular weight excluding hydrogens is 196 g/mol. The van der Waals surface area contributed by atoms with Crippen LogP contribution in [-0.4, -0.2) is 36.6 Å². The van der Waals surface area contributed by atoms with Crippen molar-refractivity contribution in [3.63, 3.8) is 0 Å². The number of hydrogen-bond acceptors (Lipinski definition) is 2. The highest BCUT2D eigenvalue weighted by Gasteiger charge is 2.31. The molecule has 2 fully saturated rings. The maximum absolute atomic E-state index is 3.45. The lowest BCUT2D eigenvalue weighted by Crippen LogP contribution is -2.43. The predicted octanol–water partition coefficient (Wildman–Crippen LogP) is 2.78. The lowest BCUT2D eigenvalue weighted by Gasteiger charge is -2.38. The highest BCUT2D eigenvalue weighted by Crippen LogP contribution is 2.30. The summed E-state index contributed by atoms with van der Waals surface area (Å²) in [7, 11) is 2.12. The van der Waals surface area contributed by atoms with E-state index < -0.39 is 0 Å². The molecule has 16 heavy (non-hydrogen) atoms. The van der Waals surface area contributed by atoms with E-state index in [1.807, 2.05) is 0 Å². The number of hydrogen-bond donors (Lipinski definition) is 1. The Kier molecular flexibility index (Phi) is 4.66. The third-order valence-electron chi connectivity index (χ3n) is 4.69. The molecule has 0 aromatic rings. The summed E-state index contributed by atoms with van der Waals surface area (Å²) in [5.41, 5.74) is 0. The van der Waals surface area contributed by atoms with Crippen molar-refractivity contribution in [1.29, 1.82) is 0 Å². The second-order valence-corrected chi connectivity index (χ2v) is 5.57. The SMILES string of the molecule is CCN(C1CCCCC1)C1CCC(NC)C1. The van der Waals surface area contributed by atoms with Crippen molar-refractivity contribution in [2.75, 3.05) is 13.6 Å². The summed E-state index contributed by atoms with van der Waals surface area (Å²) in [6, 6.07) is 2.55. The van der Waals surface area contributed by atoms with Crippen LogP contribution in [-0.2, 0) is 0 Å². The molecule has 0 bridgehead atoms. The third-order valence-corrected chi connectivity index (χ3v) is 4.69. The second-order valence-electron chi connectivity index (χ2n) is 5.57. The van der Waals surface area contributed by atoms with Gasteiger partial charge in [0.2, 0.25) is 0 Å². The first kappa shape index (κ1) is 12.4. The number of rotatable bonds is 4. The van der Waals surface area contributed by atoms with Crippen LogP contribution in [0.5, 0.6) is 0 Å². The summed E-state index contributed by atoms with van der Waals surface area (Å²) >= 11 is 0. The minimum Gasteiger partial charge on any atom is -0.317 e. The van der Waals surface area contributed by atoms with Crippen LogP contribution in [0.3, 0.4) is 0 Å². The summed E-state index contributed by atoms with van der Waals surface area (Å²) in [6.07, 6.45) is 11.5. The van der Waals surface area contributed by atoms with Crippen LogP contribution in [0.15, 0.2) is 0 Å². The van der Waals surface area contributed by atoms with Gasteiger partial charge in [0, 0.05) is 18.1 Å². The van der Waals surface area contributed by atoms with Crippen molar-refractivity contribution < 1.29 is 0 Å². The molecule has 0 amide bonds. The molecule has 2 unspecified atom stereocenters. The summed E-state index contributed by atoms with van der Waals surface area (Å²) in [5, 5.41) is 3.45. The molecule has 2 nitrogen and oxygen atoms in total.